The van der Waals surface area contributed by atoms with E-state index >= 15 is 0 Å². The largest absolute Gasteiger partial charge is 0.466 e. The molecular weight excluding hydrogens is 543 g/mol. The number of nitrogens with zero attached hydrogens (tertiary/aromatic N) is 3. The summed E-state index contributed by atoms with van der Waals surface area (Å²) in [5.74, 6) is -1.31. The van der Waals surface area contributed by atoms with Gasteiger partial charge in [0, 0.05) is 16.0 Å². The van der Waals surface area contributed by atoms with Crippen molar-refractivity contribution in [1.82, 2.24) is 15.0 Å². The smallest absolute Gasteiger partial charge is 0.311 e. The first-order valence-electron chi connectivity index (χ1n) is 10.6. The molecule has 0 radical (unpaired) electrons. The molecule has 1 N–H and O–H groups in total. The minimum Gasteiger partial charge on any atom is -0.466 e. The molecule has 1 amide bonds. The Kier molecular flexibility index (Phi) is 8.92. The lowest BCUT2D eigenvalue weighted by molar-refractivity contribution is -0.142. The van der Waals surface area contributed by atoms with Gasteiger partial charge in [0.25, 0.3) is 5.91 Å². The summed E-state index contributed by atoms with van der Waals surface area (Å²) in [7, 11) is 0. The van der Waals surface area contributed by atoms with Crippen LogP contribution < -0.4 is 5.32 Å². The third kappa shape index (κ3) is 7.03. The Morgan fingerprint density at radius 3 is 2.58 bits per heavy atom. The molecule has 0 saturated carbocycles. The van der Waals surface area contributed by atoms with Gasteiger partial charge in [-0.3, -0.25) is 14.9 Å². The molecule has 0 aliphatic heterocycles. The molecular formula is C24H18ClFN4O3S3. The molecule has 0 saturated heterocycles. The maximum absolute atomic E-state index is 13.4. The number of esters is 1. The Balaban J connectivity index is 1.60. The van der Waals surface area contributed by atoms with Crippen LogP contribution in [0.2, 0.25) is 4.34 Å². The van der Waals surface area contributed by atoms with E-state index in [4.69, 9.17) is 16.3 Å². The van der Waals surface area contributed by atoms with Crippen LogP contribution in [0.1, 0.15) is 23.1 Å². The van der Waals surface area contributed by atoms with E-state index in [1.165, 1.54) is 35.7 Å². The fourth-order valence-electron chi connectivity index (χ4n) is 2.88. The molecule has 0 aliphatic carbocycles. The van der Waals surface area contributed by atoms with Crippen molar-refractivity contribution in [1.29, 1.82) is 0 Å². The molecule has 36 heavy (non-hydrogen) atoms. The van der Waals surface area contributed by atoms with Crippen molar-refractivity contribution >= 4 is 63.5 Å². The molecule has 0 atom stereocenters. The van der Waals surface area contributed by atoms with E-state index in [1.807, 2.05) is 18.2 Å². The second kappa shape index (κ2) is 12.3. The predicted molar refractivity (Wildman–Crippen MR) is 139 cm³/mol. The average Bonchev–Trinajstić information content (AvgIpc) is 3.20. The molecule has 184 valence electrons. The number of anilines is 1. The van der Waals surface area contributed by atoms with Crippen molar-refractivity contribution in [3.05, 3.63) is 82.3 Å². The van der Waals surface area contributed by atoms with E-state index in [9.17, 15) is 14.0 Å². The second-order valence-corrected chi connectivity index (χ2v) is 10.8. The number of nitrogens with one attached hydrogen (secondary N) is 1. The van der Waals surface area contributed by atoms with Crippen molar-refractivity contribution in [3.63, 3.8) is 0 Å². The van der Waals surface area contributed by atoms with Gasteiger partial charge in [-0.1, -0.05) is 52.5 Å². The number of amides is 1. The Morgan fingerprint density at radius 1 is 1.06 bits per heavy atom. The number of halogens is 2. The number of hydrogen-bond donors (Lipinski definition) is 1. The van der Waals surface area contributed by atoms with Crippen LogP contribution in [0.5, 0.6) is 0 Å². The average molecular weight is 561 g/mol. The monoisotopic (exact) mass is 560 g/mol. The van der Waals surface area contributed by atoms with E-state index in [1.54, 1.807) is 37.4 Å². The molecule has 0 bridgehead atoms. The van der Waals surface area contributed by atoms with Crippen LogP contribution >= 0.6 is 46.5 Å². The summed E-state index contributed by atoms with van der Waals surface area (Å²) in [6.07, 6.45) is 1.58. The third-order valence-electron chi connectivity index (χ3n) is 4.42. The van der Waals surface area contributed by atoms with E-state index in [0.717, 1.165) is 21.3 Å². The Morgan fingerprint density at radius 2 is 1.86 bits per heavy atom. The quantitative estimate of drug-likeness (QED) is 0.235. The van der Waals surface area contributed by atoms with Gasteiger partial charge in [-0.25, -0.2) is 19.3 Å². The number of benzene rings is 1. The van der Waals surface area contributed by atoms with Crippen LogP contribution in [0, 0.1) is 5.82 Å². The standard InChI is InChI=1S/C24H18ClFN4O3S3/c1-2-33-20(31)13-16-22(25)36-24(28-16)30-23(32)21-17(34-15-8-6-14(26)7-9-15)10-11-19(29-21)35-18-5-3-4-12-27-18/h3-12H,2,13H2,1H3,(H,28,30,32). The van der Waals surface area contributed by atoms with Gasteiger partial charge < -0.3 is 4.74 Å². The fourth-order valence-corrected chi connectivity index (χ4v) is 5.55. The fraction of sp³-hybridized carbons (Fsp3) is 0.125. The number of carbonyl (C=O) groups excluding carboxylic acids is 2. The number of carbonyl (C=O) groups is 2. The normalized spacial score (nSPS) is 10.8. The highest BCUT2D eigenvalue weighted by molar-refractivity contribution is 7.99. The molecule has 0 unspecified atom stereocenters. The van der Waals surface area contributed by atoms with Crippen LogP contribution in [0.4, 0.5) is 9.52 Å². The van der Waals surface area contributed by atoms with Gasteiger partial charge in [-0.2, -0.15) is 0 Å². The summed E-state index contributed by atoms with van der Waals surface area (Å²) < 4.78 is 18.6. The molecule has 0 spiro atoms. The van der Waals surface area contributed by atoms with Gasteiger partial charge in [-0.15, -0.1) is 0 Å². The van der Waals surface area contributed by atoms with Gasteiger partial charge in [0.05, 0.1) is 18.7 Å². The zero-order chi connectivity index (χ0) is 25.5. The maximum Gasteiger partial charge on any atom is 0.311 e. The van der Waals surface area contributed by atoms with Crippen molar-refractivity contribution in [2.75, 3.05) is 11.9 Å². The molecule has 0 fully saturated rings. The Labute approximate surface area is 223 Å². The lowest BCUT2D eigenvalue weighted by Gasteiger charge is -2.10. The van der Waals surface area contributed by atoms with E-state index in [-0.39, 0.29) is 34.0 Å². The number of ether oxygens (including phenoxy) is 1. The van der Waals surface area contributed by atoms with Crippen molar-refractivity contribution in [3.8, 4) is 0 Å². The molecule has 7 nitrogen and oxygen atoms in total. The highest BCUT2D eigenvalue weighted by Crippen LogP contribution is 2.34. The lowest BCUT2D eigenvalue weighted by Crippen LogP contribution is -2.15. The zero-order valence-electron chi connectivity index (χ0n) is 18.7. The van der Waals surface area contributed by atoms with Gasteiger partial charge in [0.1, 0.15) is 25.9 Å². The number of rotatable bonds is 9. The van der Waals surface area contributed by atoms with Crippen molar-refractivity contribution < 1.29 is 18.7 Å². The molecule has 4 rings (SSSR count). The second-order valence-electron chi connectivity index (χ2n) is 7.00. The number of thiazole rings is 1. The van der Waals surface area contributed by atoms with Crippen LogP contribution in [-0.2, 0) is 16.0 Å². The highest BCUT2D eigenvalue weighted by Gasteiger charge is 2.20. The summed E-state index contributed by atoms with van der Waals surface area (Å²) in [5, 5.41) is 4.25. The topological polar surface area (TPSA) is 94.1 Å². The van der Waals surface area contributed by atoms with Gasteiger partial charge in [-0.05, 0) is 55.5 Å². The number of aromatic nitrogens is 3. The van der Waals surface area contributed by atoms with Gasteiger partial charge >= 0.3 is 5.97 Å². The lowest BCUT2D eigenvalue weighted by atomic mass is 10.3. The summed E-state index contributed by atoms with van der Waals surface area (Å²) in [5.41, 5.74) is 0.479. The minimum atomic E-state index is -0.504. The number of pyridine rings is 2. The van der Waals surface area contributed by atoms with E-state index < -0.39 is 11.9 Å². The van der Waals surface area contributed by atoms with Crippen LogP contribution in [0.15, 0.2) is 80.6 Å². The van der Waals surface area contributed by atoms with Crippen molar-refractivity contribution in [2.45, 2.75) is 33.2 Å². The summed E-state index contributed by atoms with van der Waals surface area (Å²) in [6.45, 7) is 1.96. The maximum atomic E-state index is 13.4. The Bertz CT molecular complexity index is 1370. The van der Waals surface area contributed by atoms with Gasteiger partial charge in [0.15, 0.2) is 5.13 Å². The van der Waals surface area contributed by atoms with E-state index in [2.05, 4.69) is 20.3 Å². The van der Waals surface area contributed by atoms with Crippen LogP contribution in [-0.4, -0.2) is 33.4 Å². The molecule has 4 aromatic rings. The first kappa shape index (κ1) is 26.1. The summed E-state index contributed by atoms with van der Waals surface area (Å²) in [6, 6.07) is 15.0. The van der Waals surface area contributed by atoms with Gasteiger partial charge in [0.2, 0.25) is 0 Å². The first-order valence-corrected chi connectivity index (χ1v) is 13.4. The first-order chi connectivity index (χ1) is 17.4. The molecule has 3 aromatic heterocycles. The van der Waals surface area contributed by atoms with Crippen molar-refractivity contribution in [2.24, 2.45) is 0 Å². The zero-order valence-corrected chi connectivity index (χ0v) is 21.9. The molecule has 3 heterocycles. The minimum absolute atomic E-state index is 0.0981. The van der Waals surface area contributed by atoms with E-state index in [0.29, 0.717) is 15.6 Å². The summed E-state index contributed by atoms with van der Waals surface area (Å²) in [4.78, 5) is 39.5. The predicted octanol–water partition coefficient (Wildman–Crippen LogP) is 6.39. The Hall–Kier alpha value is -2.99. The molecule has 12 heteroatoms. The summed E-state index contributed by atoms with van der Waals surface area (Å²) >= 11 is 9.85. The highest BCUT2D eigenvalue weighted by atomic mass is 35.5. The number of hydrogen-bond acceptors (Lipinski definition) is 9. The van der Waals surface area contributed by atoms with Crippen LogP contribution in [0.3, 0.4) is 0 Å². The molecule has 1 aromatic carbocycles. The van der Waals surface area contributed by atoms with Crippen LogP contribution in [0.25, 0.3) is 0 Å². The third-order valence-corrected chi connectivity index (χ3v) is 7.62. The molecule has 0 aliphatic rings. The SMILES string of the molecule is CCOC(=O)Cc1nc(NC(=O)c2nc(Sc3ccccn3)ccc2Sc2ccc(F)cc2)sc1Cl.